The van der Waals surface area contributed by atoms with E-state index in [1.54, 1.807) is 24.3 Å². The molecule has 0 radical (unpaired) electrons. The molecule has 1 amide bonds. The zero-order valence-corrected chi connectivity index (χ0v) is 14.1. The van der Waals surface area contributed by atoms with E-state index in [-0.39, 0.29) is 23.5 Å². The van der Waals surface area contributed by atoms with Gasteiger partial charge in [-0.2, -0.15) is 0 Å². The van der Waals surface area contributed by atoms with Gasteiger partial charge >= 0.3 is 0 Å². The van der Waals surface area contributed by atoms with Crippen LogP contribution in [-0.2, 0) is 6.42 Å². The molecule has 118 valence electrons. The Bertz CT molecular complexity index is 859. The highest BCUT2D eigenvalue weighted by molar-refractivity contribution is 9.10. The maximum Gasteiger partial charge on any atom is 0.287 e. The summed E-state index contributed by atoms with van der Waals surface area (Å²) in [7, 11) is 0. The van der Waals surface area contributed by atoms with Gasteiger partial charge in [-0.3, -0.25) is 4.79 Å². The van der Waals surface area contributed by atoms with Gasteiger partial charge < -0.3 is 9.73 Å². The number of fused-ring (bicyclic) bond motifs is 1. The Morgan fingerprint density at radius 1 is 1.26 bits per heavy atom. The molecule has 2 aromatic carbocycles. The van der Waals surface area contributed by atoms with E-state index in [2.05, 4.69) is 21.2 Å². The van der Waals surface area contributed by atoms with E-state index >= 15 is 0 Å². The van der Waals surface area contributed by atoms with Gasteiger partial charge in [0.2, 0.25) is 0 Å². The number of rotatable bonds is 4. The summed E-state index contributed by atoms with van der Waals surface area (Å²) in [4.78, 5) is 12.3. The Balaban J connectivity index is 1.72. The Morgan fingerprint density at radius 3 is 2.78 bits per heavy atom. The second-order valence-corrected chi connectivity index (χ2v) is 6.29. The molecule has 0 aliphatic carbocycles. The zero-order valence-electron chi connectivity index (χ0n) is 12.5. The maximum absolute atomic E-state index is 13.7. The molecule has 5 heteroatoms. The number of hydrogen-bond acceptors (Lipinski definition) is 2. The van der Waals surface area contributed by atoms with Gasteiger partial charge in [0.25, 0.3) is 5.91 Å². The maximum atomic E-state index is 13.7. The van der Waals surface area contributed by atoms with Crippen LogP contribution in [0.1, 0.15) is 23.0 Å². The number of carbonyl (C=O) groups excluding carboxylic acids is 1. The lowest BCUT2D eigenvalue weighted by Gasteiger charge is -2.13. The van der Waals surface area contributed by atoms with E-state index in [0.29, 0.717) is 17.6 Å². The summed E-state index contributed by atoms with van der Waals surface area (Å²) in [5.41, 5.74) is 1.21. The van der Waals surface area contributed by atoms with Gasteiger partial charge in [0.15, 0.2) is 5.76 Å². The van der Waals surface area contributed by atoms with Crippen molar-refractivity contribution in [3.63, 3.8) is 0 Å². The largest absolute Gasteiger partial charge is 0.450 e. The van der Waals surface area contributed by atoms with Crippen molar-refractivity contribution in [1.82, 2.24) is 5.32 Å². The van der Waals surface area contributed by atoms with Crippen LogP contribution in [0.2, 0.25) is 0 Å². The fourth-order valence-corrected chi connectivity index (χ4v) is 2.94. The molecule has 23 heavy (non-hydrogen) atoms. The topological polar surface area (TPSA) is 42.2 Å². The predicted molar refractivity (Wildman–Crippen MR) is 90.9 cm³/mol. The normalized spacial score (nSPS) is 12.3. The van der Waals surface area contributed by atoms with Gasteiger partial charge in [-0.05, 0) is 53.0 Å². The molecular formula is C18H15BrFNO2. The van der Waals surface area contributed by atoms with Crippen molar-refractivity contribution in [2.45, 2.75) is 19.4 Å². The van der Waals surface area contributed by atoms with E-state index < -0.39 is 0 Å². The molecule has 1 N–H and O–H groups in total. The summed E-state index contributed by atoms with van der Waals surface area (Å²) in [5.74, 6) is -0.328. The van der Waals surface area contributed by atoms with E-state index in [4.69, 9.17) is 4.42 Å². The van der Waals surface area contributed by atoms with Crippen LogP contribution in [0.15, 0.2) is 57.4 Å². The fraction of sp³-hybridized carbons (Fsp3) is 0.167. The lowest BCUT2D eigenvalue weighted by Crippen LogP contribution is -2.34. The van der Waals surface area contributed by atoms with Crippen LogP contribution in [0.4, 0.5) is 4.39 Å². The van der Waals surface area contributed by atoms with Crippen LogP contribution in [0.3, 0.4) is 0 Å². The van der Waals surface area contributed by atoms with Crippen molar-refractivity contribution in [3.05, 3.63) is 70.1 Å². The third kappa shape index (κ3) is 3.45. The molecule has 0 aliphatic heterocycles. The molecule has 0 spiro atoms. The fourth-order valence-electron chi connectivity index (χ4n) is 2.48. The summed E-state index contributed by atoms with van der Waals surface area (Å²) < 4.78 is 20.1. The quantitative estimate of drug-likeness (QED) is 0.718. The van der Waals surface area contributed by atoms with Gasteiger partial charge in [-0.25, -0.2) is 4.39 Å². The minimum atomic E-state index is -0.308. The smallest absolute Gasteiger partial charge is 0.287 e. The lowest BCUT2D eigenvalue weighted by atomic mass is 10.1. The zero-order chi connectivity index (χ0) is 16.4. The molecule has 1 unspecified atom stereocenters. The predicted octanol–water partition coefficient (Wildman–Crippen LogP) is 4.70. The van der Waals surface area contributed by atoms with Crippen molar-refractivity contribution < 1.29 is 13.6 Å². The minimum absolute atomic E-state index is 0.212. The standard InChI is InChI=1S/C18H15BrFNO2/c1-11(9-12-5-2-3-8-15(12)20)21-18(22)16-10-13-6-4-7-14(19)17(13)23-16/h2-8,10-11H,9H2,1H3,(H,21,22). The third-order valence-corrected chi connectivity index (χ3v) is 4.21. The van der Waals surface area contributed by atoms with Crippen molar-refractivity contribution in [2.75, 3.05) is 0 Å². The highest BCUT2D eigenvalue weighted by Crippen LogP contribution is 2.27. The van der Waals surface area contributed by atoms with Crippen LogP contribution in [0.5, 0.6) is 0 Å². The number of para-hydroxylation sites is 1. The van der Waals surface area contributed by atoms with Crippen LogP contribution in [-0.4, -0.2) is 11.9 Å². The molecule has 0 fully saturated rings. The molecule has 0 aliphatic rings. The van der Waals surface area contributed by atoms with Crippen molar-refractivity contribution in [1.29, 1.82) is 0 Å². The Morgan fingerprint density at radius 2 is 2.04 bits per heavy atom. The molecule has 3 aromatic rings. The number of nitrogens with one attached hydrogen (secondary N) is 1. The first-order valence-corrected chi connectivity index (χ1v) is 8.06. The van der Waals surface area contributed by atoms with Crippen LogP contribution in [0.25, 0.3) is 11.0 Å². The Hall–Kier alpha value is -2.14. The summed E-state index contributed by atoms with van der Waals surface area (Å²) in [5, 5.41) is 3.69. The SMILES string of the molecule is CC(Cc1ccccc1F)NC(=O)c1cc2cccc(Br)c2o1. The average Bonchev–Trinajstić information content (AvgIpc) is 2.95. The van der Waals surface area contributed by atoms with Crippen LogP contribution < -0.4 is 5.32 Å². The first kappa shape index (κ1) is 15.7. The van der Waals surface area contributed by atoms with Crippen molar-refractivity contribution in [3.8, 4) is 0 Å². The second kappa shape index (κ2) is 6.54. The van der Waals surface area contributed by atoms with E-state index in [1.165, 1.54) is 6.07 Å². The second-order valence-electron chi connectivity index (χ2n) is 5.44. The molecule has 1 aromatic heterocycles. The highest BCUT2D eigenvalue weighted by atomic mass is 79.9. The van der Waals surface area contributed by atoms with Crippen LogP contribution in [0, 0.1) is 5.82 Å². The number of carbonyl (C=O) groups is 1. The average molecular weight is 376 g/mol. The summed E-state index contributed by atoms with van der Waals surface area (Å²) in [6.45, 7) is 1.84. The van der Waals surface area contributed by atoms with E-state index in [9.17, 15) is 9.18 Å². The number of benzene rings is 2. The van der Waals surface area contributed by atoms with E-state index in [0.717, 1.165) is 9.86 Å². The third-order valence-electron chi connectivity index (χ3n) is 3.58. The monoisotopic (exact) mass is 375 g/mol. The van der Waals surface area contributed by atoms with Crippen molar-refractivity contribution >= 4 is 32.8 Å². The first-order chi connectivity index (χ1) is 11.0. The van der Waals surface area contributed by atoms with Gasteiger partial charge in [-0.15, -0.1) is 0 Å². The molecule has 0 bridgehead atoms. The Kier molecular flexibility index (Phi) is 4.48. The lowest BCUT2D eigenvalue weighted by molar-refractivity contribution is 0.0914. The summed E-state index contributed by atoms with van der Waals surface area (Å²) in [6.07, 6.45) is 0.419. The Labute approximate surface area is 141 Å². The van der Waals surface area contributed by atoms with Gasteiger partial charge in [0.1, 0.15) is 11.4 Å². The van der Waals surface area contributed by atoms with Crippen molar-refractivity contribution in [2.24, 2.45) is 0 Å². The summed E-state index contributed by atoms with van der Waals surface area (Å²) in [6, 6.07) is 13.7. The van der Waals surface area contributed by atoms with Gasteiger partial charge in [0, 0.05) is 11.4 Å². The first-order valence-electron chi connectivity index (χ1n) is 7.27. The van der Waals surface area contributed by atoms with Gasteiger partial charge in [0.05, 0.1) is 4.47 Å². The molecule has 0 saturated carbocycles. The molecule has 1 heterocycles. The molecule has 3 rings (SSSR count). The molecule has 1 atom stereocenters. The highest BCUT2D eigenvalue weighted by Gasteiger charge is 2.16. The van der Waals surface area contributed by atoms with E-state index in [1.807, 2.05) is 25.1 Å². The minimum Gasteiger partial charge on any atom is -0.450 e. The molecule has 0 saturated heterocycles. The summed E-state index contributed by atoms with van der Waals surface area (Å²) >= 11 is 3.40. The molecule has 3 nitrogen and oxygen atoms in total. The van der Waals surface area contributed by atoms with Gasteiger partial charge in [-0.1, -0.05) is 30.3 Å². The van der Waals surface area contributed by atoms with Crippen LogP contribution >= 0.6 is 15.9 Å². The number of hydrogen-bond donors (Lipinski definition) is 1. The molecular weight excluding hydrogens is 361 g/mol. The number of furan rings is 1. The number of amides is 1. The number of halogens is 2.